The van der Waals surface area contributed by atoms with Gasteiger partial charge < -0.3 is 4.98 Å². The van der Waals surface area contributed by atoms with Crippen LogP contribution in [-0.4, -0.2) is 10.8 Å². The average molecular weight is 213 g/mol. The first-order chi connectivity index (χ1) is 7.72. The molecule has 16 heavy (non-hydrogen) atoms. The number of ketones is 1. The van der Waals surface area contributed by atoms with Crippen molar-refractivity contribution < 1.29 is 4.79 Å². The van der Waals surface area contributed by atoms with Gasteiger partial charge in [-0.1, -0.05) is 36.8 Å². The van der Waals surface area contributed by atoms with Crippen LogP contribution in [0.5, 0.6) is 0 Å². The van der Waals surface area contributed by atoms with Crippen LogP contribution in [0.4, 0.5) is 0 Å². The summed E-state index contributed by atoms with van der Waals surface area (Å²) < 4.78 is 0. The molecule has 1 aromatic heterocycles. The molecule has 0 unspecified atom stereocenters. The number of hydrogen-bond acceptors (Lipinski definition) is 1. The van der Waals surface area contributed by atoms with Crippen molar-refractivity contribution >= 4 is 5.78 Å². The van der Waals surface area contributed by atoms with Gasteiger partial charge in [-0.2, -0.15) is 0 Å². The van der Waals surface area contributed by atoms with E-state index in [4.69, 9.17) is 0 Å². The van der Waals surface area contributed by atoms with Gasteiger partial charge in [0.05, 0.1) is 5.69 Å². The van der Waals surface area contributed by atoms with Crippen LogP contribution in [0.3, 0.4) is 0 Å². The molecule has 1 N–H and O–H groups in total. The van der Waals surface area contributed by atoms with Gasteiger partial charge in [-0.25, -0.2) is 0 Å². The minimum absolute atomic E-state index is 0.0712. The number of aromatic amines is 1. The maximum absolute atomic E-state index is 12.2. The second kappa shape index (κ2) is 4.35. The zero-order valence-corrected chi connectivity index (χ0v) is 9.58. The third kappa shape index (κ3) is 1.91. The molecule has 2 rings (SSSR count). The van der Waals surface area contributed by atoms with Crippen molar-refractivity contribution in [3.05, 3.63) is 58.9 Å². The summed E-state index contributed by atoms with van der Waals surface area (Å²) in [5.41, 5.74) is 3.69. The highest BCUT2D eigenvalue weighted by Gasteiger charge is 2.13. The SMILES string of the molecule is CCc1cc[nH]c1C(=O)c1ccc(C)cc1. The van der Waals surface area contributed by atoms with Crippen molar-refractivity contribution in [2.75, 3.05) is 0 Å². The number of aromatic nitrogens is 1. The molecule has 0 aliphatic rings. The lowest BCUT2D eigenvalue weighted by atomic mass is 10.0. The Balaban J connectivity index is 2.35. The molecule has 2 aromatic rings. The number of nitrogens with one attached hydrogen (secondary N) is 1. The highest BCUT2D eigenvalue weighted by atomic mass is 16.1. The number of carbonyl (C=O) groups excluding carboxylic acids is 1. The van der Waals surface area contributed by atoms with Crippen LogP contribution in [0.2, 0.25) is 0 Å². The van der Waals surface area contributed by atoms with E-state index in [2.05, 4.69) is 11.9 Å². The van der Waals surface area contributed by atoms with Gasteiger partial charge in [-0.15, -0.1) is 0 Å². The third-order valence-corrected chi connectivity index (χ3v) is 2.76. The molecule has 0 atom stereocenters. The summed E-state index contributed by atoms with van der Waals surface area (Å²) in [6.07, 6.45) is 2.69. The first-order valence-electron chi connectivity index (χ1n) is 5.50. The second-order valence-corrected chi connectivity index (χ2v) is 3.93. The fourth-order valence-electron chi connectivity index (χ4n) is 1.76. The molecule has 0 spiro atoms. The van der Waals surface area contributed by atoms with Crippen LogP contribution in [-0.2, 0) is 6.42 Å². The molecule has 0 radical (unpaired) electrons. The predicted octanol–water partition coefficient (Wildman–Crippen LogP) is 3.12. The summed E-state index contributed by atoms with van der Waals surface area (Å²) in [6.45, 7) is 4.06. The predicted molar refractivity (Wildman–Crippen MR) is 64.8 cm³/mol. The molecular formula is C14H15NO. The molecular weight excluding hydrogens is 198 g/mol. The zero-order valence-electron chi connectivity index (χ0n) is 9.58. The van der Waals surface area contributed by atoms with Gasteiger partial charge in [0.2, 0.25) is 5.78 Å². The van der Waals surface area contributed by atoms with Gasteiger partial charge in [0.25, 0.3) is 0 Å². The molecule has 82 valence electrons. The maximum Gasteiger partial charge on any atom is 0.209 e. The van der Waals surface area contributed by atoms with Gasteiger partial charge in [0.15, 0.2) is 0 Å². The van der Waals surface area contributed by atoms with E-state index in [0.29, 0.717) is 5.69 Å². The average Bonchev–Trinajstić information content (AvgIpc) is 2.77. The highest BCUT2D eigenvalue weighted by molar-refractivity contribution is 6.08. The fraction of sp³-hybridized carbons (Fsp3) is 0.214. The zero-order chi connectivity index (χ0) is 11.5. The van der Waals surface area contributed by atoms with Crippen LogP contribution >= 0.6 is 0 Å². The first kappa shape index (κ1) is 10.7. The van der Waals surface area contributed by atoms with E-state index in [1.165, 1.54) is 5.56 Å². The summed E-state index contributed by atoms with van der Waals surface area (Å²) in [5.74, 6) is 0.0712. The van der Waals surface area contributed by atoms with E-state index in [-0.39, 0.29) is 5.78 Å². The Hall–Kier alpha value is -1.83. The van der Waals surface area contributed by atoms with Crippen molar-refractivity contribution in [3.8, 4) is 0 Å². The summed E-state index contributed by atoms with van der Waals surface area (Å²) in [7, 11) is 0. The molecule has 0 saturated carbocycles. The van der Waals surface area contributed by atoms with Gasteiger partial charge in [0.1, 0.15) is 0 Å². The lowest BCUT2D eigenvalue weighted by molar-refractivity contribution is 0.103. The smallest absolute Gasteiger partial charge is 0.209 e. The number of benzene rings is 1. The van der Waals surface area contributed by atoms with Crippen molar-refractivity contribution in [1.82, 2.24) is 4.98 Å². The normalized spacial score (nSPS) is 10.4. The minimum Gasteiger partial charge on any atom is -0.358 e. The van der Waals surface area contributed by atoms with E-state index in [1.54, 1.807) is 0 Å². The lowest BCUT2D eigenvalue weighted by Crippen LogP contribution is -2.04. The standard InChI is InChI=1S/C14H15NO/c1-3-11-8-9-15-13(11)14(16)12-6-4-10(2)5-7-12/h4-9,15H,3H2,1-2H3. The lowest BCUT2D eigenvalue weighted by Gasteiger charge is -2.02. The highest BCUT2D eigenvalue weighted by Crippen LogP contribution is 2.14. The molecule has 1 heterocycles. The van der Waals surface area contributed by atoms with E-state index in [9.17, 15) is 4.79 Å². The Bertz CT molecular complexity index is 494. The van der Waals surface area contributed by atoms with E-state index in [0.717, 1.165) is 17.5 Å². The molecule has 0 amide bonds. The molecule has 0 aliphatic carbocycles. The monoisotopic (exact) mass is 213 g/mol. The second-order valence-electron chi connectivity index (χ2n) is 3.93. The van der Waals surface area contributed by atoms with Crippen LogP contribution in [0.25, 0.3) is 0 Å². The fourth-order valence-corrected chi connectivity index (χ4v) is 1.76. The van der Waals surface area contributed by atoms with E-state index >= 15 is 0 Å². The maximum atomic E-state index is 12.2. The minimum atomic E-state index is 0.0712. The summed E-state index contributed by atoms with van der Waals surface area (Å²) in [6, 6.07) is 9.63. The molecule has 0 saturated heterocycles. The summed E-state index contributed by atoms with van der Waals surface area (Å²) >= 11 is 0. The van der Waals surface area contributed by atoms with Crippen molar-refractivity contribution in [2.45, 2.75) is 20.3 Å². The summed E-state index contributed by atoms with van der Waals surface area (Å²) in [5, 5.41) is 0. The number of rotatable bonds is 3. The molecule has 0 aliphatic heterocycles. The van der Waals surface area contributed by atoms with E-state index in [1.807, 2.05) is 43.5 Å². The van der Waals surface area contributed by atoms with Crippen LogP contribution < -0.4 is 0 Å². The first-order valence-corrected chi connectivity index (χ1v) is 5.50. The van der Waals surface area contributed by atoms with Crippen molar-refractivity contribution in [2.24, 2.45) is 0 Å². The summed E-state index contributed by atoms with van der Waals surface area (Å²) in [4.78, 5) is 15.2. The third-order valence-electron chi connectivity index (χ3n) is 2.76. The Morgan fingerprint density at radius 3 is 2.50 bits per heavy atom. The Morgan fingerprint density at radius 1 is 1.19 bits per heavy atom. The van der Waals surface area contributed by atoms with Crippen molar-refractivity contribution in [1.29, 1.82) is 0 Å². The molecule has 0 fully saturated rings. The molecule has 2 nitrogen and oxygen atoms in total. The van der Waals surface area contributed by atoms with Crippen LogP contribution in [0.1, 0.15) is 34.1 Å². The number of carbonyl (C=O) groups is 1. The van der Waals surface area contributed by atoms with Crippen molar-refractivity contribution in [3.63, 3.8) is 0 Å². The number of hydrogen-bond donors (Lipinski definition) is 1. The van der Waals surface area contributed by atoms with Gasteiger partial charge in [0, 0.05) is 11.8 Å². The van der Waals surface area contributed by atoms with E-state index < -0.39 is 0 Å². The number of H-pyrrole nitrogens is 1. The van der Waals surface area contributed by atoms with Gasteiger partial charge in [-0.3, -0.25) is 4.79 Å². The van der Waals surface area contributed by atoms with Crippen LogP contribution in [0, 0.1) is 6.92 Å². The topological polar surface area (TPSA) is 32.9 Å². The molecule has 0 bridgehead atoms. The molecule has 2 heteroatoms. The largest absolute Gasteiger partial charge is 0.358 e. The van der Waals surface area contributed by atoms with Crippen LogP contribution in [0.15, 0.2) is 36.5 Å². The van der Waals surface area contributed by atoms with Gasteiger partial charge >= 0.3 is 0 Å². The quantitative estimate of drug-likeness (QED) is 0.781. The Labute approximate surface area is 95.3 Å². The Morgan fingerprint density at radius 2 is 1.88 bits per heavy atom. The number of aryl methyl sites for hydroxylation is 2. The molecule has 1 aromatic carbocycles. The Kier molecular flexibility index (Phi) is 2.91. The van der Waals surface area contributed by atoms with Gasteiger partial charge in [-0.05, 0) is 25.0 Å².